The van der Waals surface area contributed by atoms with Crippen LogP contribution in [-0.4, -0.2) is 24.9 Å². The summed E-state index contributed by atoms with van der Waals surface area (Å²) in [6.45, 7) is 0. The van der Waals surface area contributed by atoms with Crippen molar-refractivity contribution in [1.29, 1.82) is 0 Å². The van der Waals surface area contributed by atoms with Gasteiger partial charge in [-0.3, -0.25) is 4.40 Å². The molecule has 20 heavy (non-hydrogen) atoms. The maximum Gasteiger partial charge on any atom is 0.382 e. The van der Waals surface area contributed by atoms with Crippen LogP contribution in [0.4, 0.5) is 0 Å². The van der Waals surface area contributed by atoms with Crippen molar-refractivity contribution in [2.75, 3.05) is 7.05 Å². The number of benzene rings is 1. The van der Waals surface area contributed by atoms with Crippen LogP contribution < -0.4 is 8.91 Å². The molecule has 0 atom stereocenters. The molecule has 0 aliphatic heterocycles. The Kier molecular flexibility index (Phi) is 3.20. The van der Waals surface area contributed by atoms with E-state index >= 15 is 0 Å². The number of aromatic nitrogens is 2. The minimum atomic E-state index is -3.73. The third-order valence-electron chi connectivity index (χ3n) is 2.70. The Morgan fingerprint density at radius 1 is 1.30 bits per heavy atom. The first-order valence-corrected chi connectivity index (χ1v) is 8.02. The summed E-state index contributed by atoms with van der Waals surface area (Å²) in [6, 6.07) is 6.73. The molecule has 8 heteroatoms. The van der Waals surface area contributed by atoms with Gasteiger partial charge < -0.3 is 4.18 Å². The zero-order valence-corrected chi connectivity index (χ0v) is 12.1. The molecule has 0 aliphatic carbocycles. The second-order valence-electron chi connectivity index (χ2n) is 3.98. The highest BCUT2D eigenvalue weighted by molar-refractivity contribution is 7.85. The fourth-order valence-electron chi connectivity index (χ4n) is 1.72. The van der Waals surface area contributed by atoms with Crippen LogP contribution in [0.2, 0.25) is 0 Å². The first-order chi connectivity index (χ1) is 9.57. The van der Waals surface area contributed by atoms with Crippen molar-refractivity contribution in [3.8, 4) is 17.0 Å². The Morgan fingerprint density at radius 3 is 2.70 bits per heavy atom. The summed E-state index contributed by atoms with van der Waals surface area (Å²) >= 11 is 1.56. The van der Waals surface area contributed by atoms with Crippen molar-refractivity contribution in [3.63, 3.8) is 0 Å². The van der Waals surface area contributed by atoms with Crippen molar-refractivity contribution in [2.45, 2.75) is 0 Å². The number of hydrogen-bond donors (Lipinski definition) is 1. The molecule has 0 aliphatic rings. The number of fused-ring (bicyclic) bond motifs is 1. The Bertz CT molecular complexity index is 806. The van der Waals surface area contributed by atoms with E-state index in [1.54, 1.807) is 35.6 Å². The van der Waals surface area contributed by atoms with Crippen LogP contribution in [0.3, 0.4) is 0 Å². The number of imidazole rings is 1. The molecule has 2 aromatic heterocycles. The lowest BCUT2D eigenvalue weighted by atomic mass is 10.2. The SMILES string of the molecule is CNS(=O)(=O)Oc1ccc(-c2cn3ccsc3n2)cc1. The molecule has 0 spiro atoms. The predicted octanol–water partition coefficient (Wildman–Crippen LogP) is 1.91. The van der Waals surface area contributed by atoms with Crippen molar-refractivity contribution < 1.29 is 12.6 Å². The highest BCUT2D eigenvalue weighted by Gasteiger charge is 2.10. The lowest BCUT2D eigenvalue weighted by Gasteiger charge is -2.05. The highest BCUT2D eigenvalue weighted by atomic mass is 32.2. The molecular formula is C12H11N3O3S2. The molecule has 0 radical (unpaired) electrons. The van der Waals surface area contributed by atoms with E-state index in [0.717, 1.165) is 16.2 Å². The van der Waals surface area contributed by atoms with Crippen LogP contribution in [0, 0.1) is 0 Å². The van der Waals surface area contributed by atoms with E-state index in [1.807, 2.05) is 22.2 Å². The van der Waals surface area contributed by atoms with Crippen molar-refractivity contribution in [3.05, 3.63) is 42.0 Å². The van der Waals surface area contributed by atoms with E-state index in [2.05, 4.69) is 9.71 Å². The molecule has 0 fully saturated rings. The average Bonchev–Trinajstić information content (AvgIpc) is 3.00. The summed E-state index contributed by atoms with van der Waals surface area (Å²) in [5.41, 5.74) is 1.73. The van der Waals surface area contributed by atoms with E-state index in [0.29, 0.717) is 0 Å². The Balaban J connectivity index is 1.87. The maximum atomic E-state index is 11.3. The lowest BCUT2D eigenvalue weighted by Crippen LogP contribution is -2.24. The molecule has 0 unspecified atom stereocenters. The molecule has 1 aromatic carbocycles. The van der Waals surface area contributed by atoms with Crippen molar-refractivity contribution >= 4 is 26.6 Å². The van der Waals surface area contributed by atoms with Gasteiger partial charge in [0.05, 0.1) is 5.69 Å². The standard InChI is InChI=1S/C12H11N3O3S2/c1-13-20(16,17)18-10-4-2-9(3-5-10)11-8-15-6-7-19-12(15)14-11/h2-8,13H,1H3. The van der Waals surface area contributed by atoms with E-state index in [9.17, 15) is 8.42 Å². The largest absolute Gasteiger partial charge is 0.382 e. The summed E-state index contributed by atoms with van der Waals surface area (Å²) in [6.07, 6.45) is 3.86. The first kappa shape index (κ1) is 13.1. The minimum absolute atomic E-state index is 0.254. The van der Waals surface area contributed by atoms with Crippen LogP contribution in [0.25, 0.3) is 16.2 Å². The van der Waals surface area contributed by atoms with Crippen LogP contribution in [0.1, 0.15) is 0 Å². The van der Waals surface area contributed by atoms with E-state index < -0.39 is 10.3 Å². The normalized spacial score (nSPS) is 11.8. The van der Waals surface area contributed by atoms with E-state index in [4.69, 9.17) is 4.18 Å². The van der Waals surface area contributed by atoms with Gasteiger partial charge in [-0.1, -0.05) is 0 Å². The minimum Gasteiger partial charge on any atom is -0.371 e. The second-order valence-corrected chi connectivity index (χ2v) is 6.34. The topological polar surface area (TPSA) is 72.7 Å². The molecule has 1 N–H and O–H groups in total. The highest BCUT2D eigenvalue weighted by Crippen LogP contribution is 2.24. The summed E-state index contributed by atoms with van der Waals surface area (Å²) in [4.78, 5) is 5.39. The maximum absolute atomic E-state index is 11.3. The number of rotatable bonds is 4. The van der Waals surface area contributed by atoms with Crippen LogP contribution in [0.5, 0.6) is 5.75 Å². The monoisotopic (exact) mass is 309 g/mol. The fourth-order valence-corrected chi connectivity index (χ4v) is 2.86. The lowest BCUT2D eigenvalue weighted by molar-refractivity contribution is 0.477. The third-order valence-corrected chi connectivity index (χ3v) is 4.38. The summed E-state index contributed by atoms with van der Waals surface area (Å²) in [5.74, 6) is 0.254. The van der Waals surface area contributed by atoms with Crippen LogP contribution in [0.15, 0.2) is 42.0 Å². The molecule has 0 bridgehead atoms. The Hall–Kier alpha value is -1.90. The van der Waals surface area contributed by atoms with Gasteiger partial charge in [-0.25, -0.2) is 4.98 Å². The van der Waals surface area contributed by atoms with Gasteiger partial charge >= 0.3 is 10.3 Å². The van der Waals surface area contributed by atoms with Gasteiger partial charge in [-0.2, -0.15) is 13.1 Å². The zero-order valence-electron chi connectivity index (χ0n) is 10.5. The van der Waals surface area contributed by atoms with Gasteiger partial charge in [-0.15, -0.1) is 11.3 Å². The number of nitrogens with zero attached hydrogens (tertiary/aromatic N) is 2. The molecule has 6 nitrogen and oxygen atoms in total. The molecule has 104 valence electrons. The molecule has 3 rings (SSSR count). The van der Waals surface area contributed by atoms with Crippen LogP contribution in [-0.2, 0) is 10.3 Å². The Labute approximate surface area is 119 Å². The van der Waals surface area contributed by atoms with Crippen molar-refractivity contribution in [2.24, 2.45) is 0 Å². The predicted molar refractivity (Wildman–Crippen MR) is 77.1 cm³/mol. The van der Waals surface area contributed by atoms with E-state index in [1.165, 1.54) is 7.05 Å². The fraction of sp³-hybridized carbons (Fsp3) is 0.0833. The molecule has 3 aromatic rings. The molecule has 0 amide bonds. The van der Waals surface area contributed by atoms with Gasteiger partial charge in [0.2, 0.25) is 0 Å². The molecule has 0 saturated carbocycles. The quantitative estimate of drug-likeness (QED) is 0.799. The summed E-state index contributed by atoms with van der Waals surface area (Å²) in [7, 11) is -2.44. The Morgan fingerprint density at radius 2 is 2.05 bits per heavy atom. The first-order valence-electron chi connectivity index (χ1n) is 5.73. The van der Waals surface area contributed by atoms with Gasteiger partial charge in [0.1, 0.15) is 5.75 Å². The average molecular weight is 309 g/mol. The number of thiazole rings is 1. The van der Waals surface area contributed by atoms with Gasteiger partial charge in [-0.05, 0) is 24.3 Å². The van der Waals surface area contributed by atoms with Gasteiger partial charge in [0.15, 0.2) is 4.96 Å². The molecule has 0 saturated heterocycles. The molecule has 2 heterocycles. The number of hydrogen-bond acceptors (Lipinski definition) is 5. The van der Waals surface area contributed by atoms with Gasteiger partial charge in [0.25, 0.3) is 0 Å². The third kappa shape index (κ3) is 2.53. The molecular weight excluding hydrogens is 298 g/mol. The summed E-state index contributed by atoms with van der Waals surface area (Å²) in [5, 5.41) is 1.96. The number of nitrogens with one attached hydrogen (secondary N) is 1. The summed E-state index contributed by atoms with van der Waals surface area (Å²) < 4.78 is 31.4. The van der Waals surface area contributed by atoms with Gasteiger partial charge in [0, 0.05) is 30.4 Å². The van der Waals surface area contributed by atoms with E-state index in [-0.39, 0.29) is 5.75 Å². The zero-order chi connectivity index (χ0) is 14.2. The van der Waals surface area contributed by atoms with Crippen LogP contribution >= 0.6 is 11.3 Å². The smallest absolute Gasteiger partial charge is 0.371 e. The van der Waals surface area contributed by atoms with Crippen molar-refractivity contribution in [1.82, 2.24) is 14.1 Å². The second kappa shape index (κ2) is 4.89.